The van der Waals surface area contributed by atoms with Crippen molar-refractivity contribution >= 4 is 22.8 Å². The van der Waals surface area contributed by atoms with Crippen LogP contribution in [0.15, 0.2) is 42.9 Å². The third kappa shape index (κ3) is 3.30. The van der Waals surface area contributed by atoms with Gasteiger partial charge < -0.3 is 10.3 Å². The number of rotatable bonds is 4. The summed E-state index contributed by atoms with van der Waals surface area (Å²) in [6.07, 6.45) is 2.92. The largest absolute Gasteiger partial charge is 0.368 e. The van der Waals surface area contributed by atoms with Gasteiger partial charge in [0.05, 0.1) is 41.2 Å². The van der Waals surface area contributed by atoms with Crippen LogP contribution in [0.3, 0.4) is 0 Å². The predicted molar refractivity (Wildman–Crippen MR) is 99.8 cm³/mol. The minimum atomic E-state index is -0.716. The van der Waals surface area contributed by atoms with E-state index in [9.17, 15) is 14.5 Å². The highest BCUT2D eigenvalue weighted by atomic mass is 19.1. The van der Waals surface area contributed by atoms with Crippen molar-refractivity contribution < 1.29 is 9.31 Å². The van der Waals surface area contributed by atoms with Crippen molar-refractivity contribution in [3.63, 3.8) is 0 Å². The second-order valence-electron chi connectivity index (χ2n) is 6.05. The van der Waals surface area contributed by atoms with E-state index in [0.717, 1.165) is 6.07 Å². The Hall–Kier alpha value is -4.46. The van der Waals surface area contributed by atoms with Crippen LogP contribution in [0, 0.1) is 27.3 Å². The molecule has 3 aromatic heterocycles. The summed E-state index contributed by atoms with van der Waals surface area (Å²) in [4.78, 5) is 27.0. The minimum absolute atomic E-state index is 0.0296. The van der Waals surface area contributed by atoms with Crippen molar-refractivity contribution in [2.45, 2.75) is 6.54 Å². The molecule has 0 aliphatic heterocycles. The summed E-state index contributed by atoms with van der Waals surface area (Å²) in [5.41, 5.74) is 7.57. The van der Waals surface area contributed by atoms with E-state index in [-0.39, 0.29) is 23.7 Å². The Labute approximate surface area is 162 Å². The lowest BCUT2D eigenvalue weighted by Crippen LogP contribution is -2.05. The van der Waals surface area contributed by atoms with Crippen LogP contribution < -0.4 is 5.73 Å². The van der Waals surface area contributed by atoms with Gasteiger partial charge in [0.25, 0.3) is 5.69 Å². The van der Waals surface area contributed by atoms with E-state index in [2.05, 4.69) is 19.9 Å². The molecule has 0 fully saturated rings. The van der Waals surface area contributed by atoms with E-state index in [1.54, 1.807) is 16.7 Å². The molecule has 29 heavy (non-hydrogen) atoms. The summed E-state index contributed by atoms with van der Waals surface area (Å²) in [6, 6.07) is 8.56. The Morgan fingerprint density at radius 3 is 2.79 bits per heavy atom. The molecule has 0 bridgehead atoms. The van der Waals surface area contributed by atoms with Gasteiger partial charge in [0.15, 0.2) is 5.65 Å². The number of aromatic nitrogens is 5. The third-order valence-electron chi connectivity index (χ3n) is 4.20. The first-order chi connectivity index (χ1) is 14.0. The molecular formula is C18H11FN8O2. The maximum Gasteiger partial charge on any atom is 0.272 e. The molecule has 0 saturated carbocycles. The average Bonchev–Trinajstić information content (AvgIpc) is 3.11. The SMILES string of the molecule is N#Cc1ccnc(-c2nc(N)nc3c2ncn3Cc2ccc([N+](=O)[O-])cc2F)c1. The summed E-state index contributed by atoms with van der Waals surface area (Å²) in [7, 11) is 0. The molecule has 0 aliphatic carbocycles. The smallest absolute Gasteiger partial charge is 0.272 e. The number of nitrogen functional groups attached to an aromatic ring is 1. The van der Waals surface area contributed by atoms with Crippen molar-refractivity contribution in [2.75, 3.05) is 5.73 Å². The van der Waals surface area contributed by atoms with Gasteiger partial charge >= 0.3 is 0 Å². The zero-order chi connectivity index (χ0) is 20.5. The van der Waals surface area contributed by atoms with E-state index in [0.29, 0.717) is 28.1 Å². The number of nitro benzene ring substituents is 1. The van der Waals surface area contributed by atoms with Crippen LogP contribution in [0.25, 0.3) is 22.6 Å². The second kappa shape index (κ2) is 6.93. The topological polar surface area (TPSA) is 149 Å². The average molecular weight is 390 g/mol. The molecule has 0 amide bonds. The van der Waals surface area contributed by atoms with Crippen LogP contribution >= 0.6 is 0 Å². The zero-order valence-corrected chi connectivity index (χ0v) is 14.7. The fraction of sp³-hybridized carbons (Fsp3) is 0.0556. The molecule has 0 saturated heterocycles. The normalized spacial score (nSPS) is 10.8. The van der Waals surface area contributed by atoms with Crippen LogP contribution in [0.2, 0.25) is 0 Å². The number of nitro groups is 1. The van der Waals surface area contributed by atoms with Gasteiger partial charge in [0.2, 0.25) is 5.95 Å². The van der Waals surface area contributed by atoms with Gasteiger partial charge in [-0.15, -0.1) is 0 Å². The first-order valence-electron chi connectivity index (χ1n) is 8.24. The Morgan fingerprint density at radius 2 is 2.07 bits per heavy atom. The molecule has 0 spiro atoms. The third-order valence-corrected chi connectivity index (χ3v) is 4.20. The fourth-order valence-electron chi connectivity index (χ4n) is 2.85. The molecule has 142 valence electrons. The molecule has 10 nitrogen and oxygen atoms in total. The highest BCUT2D eigenvalue weighted by Crippen LogP contribution is 2.26. The highest BCUT2D eigenvalue weighted by Gasteiger charge is 2.17. The van der Waals surface area contributed by atoms with Gasteiger partial charge in [-0.05, 0) is 18.2 Å². The zero-order valence-electron chi connectivity index (χ0n) is 14.7. The van der Waals surface area contributed by atoms with Crippen molar-refractivity contribution in [3.8, 4) is 17.5 Å². The van der Waals surface area contributed by atoms with Gasteiger partial charge in [-0.1, -0.05) is 0 Å². The van der Waals surface area contributed by atoms with Gasteiger partial charge in [-0.3, -0.25) is 15.1 Å². The molecule has 3 heterocycles. The van der Waals surface area contributed by atoms with Crippen LogP contribution in [0.4, 0.5) is 16.0 Å². The number of non-ortho nitro benzene ring substituents is 1. The molecule has 1 aromatic carbocycles. The van der Waals surface area contributed by atoms with Crippen molar-refractivity contribution in [1.29, 1.82) is 5.26 Å². The summed E-state index contributed by atoms with van der Waals surface area (Å²) < 4.78 is 15.8. The maximum absolute atomic E-state index is 14.3. The van der Waals surface area contributed by atoms with E-state index < -0.39 is 10.7 Å². The maximum atomic E-state index is 14.3. The minimum Gasteiger partial charge on any atom is -0.368 e. The molecule has 0 unspecified atom stereocenters. The number of nitriles is 1. The quantitative estimate of drug-likeness (QED) is 0.412. The van der Waals surface area contributed by atoms with Crippen LogP contribution in [0.1, 0.15) is 11.1 Å². The lowest BCUT2D eigenvalue weighted by atomic mass is 10.2. The first-order valence-corrected chi connectivity index (χ1v) is 8.24. The lowest BCUT2D eigenvalue weighted by Gasteiger charge is -2.07. The molecule has 4 aromatic rings. The van der Waals surface area contributed by atoms with Crippen molar-refractivity contribution in [1.82, 2.24) is 24.5 Å². The second-order valence-corrected chi connectivity index (χ2v) is 6.05. The van der Waals surface area contributed by atoms with Gasteiger partial charge in [-0.2, -0.15) is 10.2 Å². The van der Waals surface area contributed by atoms with E-state index in [1.807, 2.05) is 6.07 Å². The lowest BCUT2D eigenvalue weighted by molar-refractivity contribution is -0.385. The number of fused-ring (bicyclic) bond motifs is 1. The standard InChI is InChI=1S/C18H11FN8O2/c19-13-6-12(27(28)29)2-1-11(13)8-26-9-23-16-15(24-18(21)25-17(16)26)14-5-10(7-20)3-4-22-14/h1-6,9H,8H2,(H2,21,24,25). The number of benzene rings is 1. The molecule has 0 atom stereocenters. The van der Waals surface area contributed by atoms with E-state index in [1.165, 1.54) is 24.7 Å². The molecule has 4 rings (SSSR count). The highest BCUT2D eigenvalue weighted by molar-refractivity contribution is 5.87. The Bertz CT molecular complexity index is 1310. The monoisotopic (exact) mass is 390 g/mol. The number of nitrogens with two attached hydrogens (primary N) is 1. The Morgan fingerprint density at radius 1 is 1.24 bits per heavy atom. The number of hydrogen-bond acceptors (Lipinski definition) is 8. The Kier molecular flexibility index (Phi) is 4.28. The van der Waals surface area contributed by atoms with Crippen LogP contribution in [-0.2, 0) is 6.54 Å². The predicted octanol–water partition coefficient (Wildman–Crippen LogP) is 2.44. The number of anilines is 1. The number of halogens is 1. The van der Waals surface area contributed by atoms with Crippen LogP contribution in [0.5, 0.6) is 0 Å². The molecule has 0 radical (unpaired) electrons. The summed E-state index contributed by atoms with van der Waals surface area (Å²) in [5, 5.41) is 19.9. The van der Waals surface area contributed by atoms with E-state index >= 15 is 0 Å². The van der Waals surface area contributed by atoms with Crippen molar-refractivity contribution in [2.24, 2.45) is 0 Å². The molecule has 2 N–H and O–H groups in total. The Balaban J connectivity index is 1.79. The van der Waals surface area contributed by atoms with Crippen LogP contribution in [-0.4, -0.2) is 29.4 Å². The summed E-state index contributed by atoms with van der Waals surface area (Å²) >= 11 is 0. The number of pyridine rings is 1. The van der Waals surface area contributed by atoms with Crippen molar-refractivity contribution in [3.05, 3.63) is 69.9 Å². The van der Waals surface area contributed by atoms with Gasteiger partial charge in [-0.25, -0.2) is 14.4 Å². The molecular weight excluding hydrogens is 379 g/mol. The summed E-state index contributed by atoms with van der Waals surface area (Å²) in [5.74, 6) is -0.755. The summed E-state index contributed by atoms with van der Waals surface area (Å²) in [6.45, 7) is 0.0296. The molecule has 11 heteroatoms. The first kappa shape index (κ1) is 17.9. The van der Waals surface area contributed by atoms with Gasteiger partial charge in [0, 0.05) is 17.8 Å². The number of imidazole rings is 1. The fourth-order valence-corrected chi connectivity index (χ4v) is 2.85. The van der Waals surface area contributed by atoms with E-state index in [4.69, 9.17) is 11.0 Å². The van der Waals surface area contributed by atoms with Gasteiger partial charge in [0.1, 0.15) is 17.0 Å². The number of hydrogen-bond donors (Lipinski definition) is 1. The molecule has 0 aliphatic rings. The number of nitrogens with zero attached hydrogens (tertiary/aromatic N) is 7.